The first-order valence-electron chi connectivity index (χ1n) is 7.44. The van der Waals surface area contributed by atoms with E-state index in [1.54, 1.807) is 6.08 Å². The normalized spacial score (nSPS) is 17.0. The van der Waals surface area contributed by atoms with Crippen molar-refractivity contribution in [2.75, 3.05) is 0 Å². The number of nitrogens with zero attached hydrogens (tertiary/aromatic N) is 2. The van der Waals surface area contributed by atoms with E-state index in [1.165, 1.54) is 12.8 Å². The molecule has 5 nitrogen and oxygen atoms in total. The first kappa shape index (κ1) is 15.7. The molecular formula is C16H25N3O2. The van der Waals surface area contributed by atoms with Crippen LogP contribution in [0, 0.1) is 5.92 Å². The summed E-state index contributed by atoms with van der Waals surface area (Å²) in [7, 11) is 0. The molecule has 1 fully saturated rings. The maximum Gasteiger partial charge on any atom is 0.244 e. The minimum Gasteiger partial charge on any atom is -0.340 e. The summed E-state index contributed by atoms with van der Waals surface area (Å²) in [5.74, 6) is 1.56. The smallest absolute Gasteiger partial charge is 0.244 e. The molecule has 21 heavy (non-hydrogen) atoms. The highest BCUT2D eigenvalue weighted by atomic mass is 16.5. The topological polar surface area (TPSA) is 68.0 Å². The van der Waals surface area contributed by atoms with Crippen LogP contribution in [-0.4, -0.2) is 16.0 Å². The van der Waals surface area contributed by atoms with Crippen molar-refractivity contribution in [2.24, 2.45) is 5.92 Å². The van der Waals surface area contributed by atoms with Crippen molar-refractivity contribution in [1.29, 1.82) is 0 Å². The molecule has 1 saturated carbocycles. The number of aromatic nitrogens is 2. The molecule has 1 aromatic rings. The summed E-state index contributed by atoms with van der Waals surface area (Å²) in [6, 6.07) is 0. The van der Waals surface area contributed by atoms with E-state index in [0.717, 1.165) is 5.57 Å². The predicted octanol–water partition coefficient (Wildman–Crippen LogP) is 3.07. The predicted molar refractivity (Wildman–Crippen MR) is 80.6 cm³/mol. The number of carbonyl (C=O) groups is 1. The SMILES string of the molecule is C/C(=C/C(=O)NC(C)(C)c1noc(C(C)(C)C)n1)C1CC1. The fraction of sp³-hybridized carbons (Fsp3) is 0.688. The van der Waals surface area contributed by atoms with Crippen molar-refractivity contribution in [1.82, 2.24) is 15.5 Å². The van der Waals surface area contributed by atoms with Crippen LogP contribution >= 0.6 is 0 Å². The van der Waals surface area contributed by atoms with E-state index in [1.807, 2.05) is 41.5 Å². The van der Waals surface area contributed by atoms with Crippen LogP contribution < -0.4 is 5.32 Å². The van der Waals surface area contributed by atoms with E-state index in [-0.39, 0.29) is 11.3 Å². The molecule has 0 saturated heterocycles. The fourth-order valence-corrected chi connectivity index (χ4v) is 2.05. The molecule has 116 valence electrons. The van der Waals surface area contributed by atoms with Gasteiger partial charge < -0.3 is 9.84 Å². The molecule has 0 spiro atoms. The van der Waals surface area contributed by atoms with Crippen molar-refractivity contribution in [3.8, 4) is 0 Å². The van der Waals surface area contributed by atoms with Gasteiger partial charge in [0.15, 0.2) is 5.82 Å². The molecular weight excluding hydrogens is 266 g/mol. The molecule has 2 rings (SSSR count). The molecule has 0 radical (unpaired) electrons. The van der Waals surface area contributed by atoms with Crippen molar-refractivity contribution in [2.45, 2.75) is 65.3 Å². The summed E-state index contributed by atoms with van der Waals surface area (Å²) in [5.41, 5.74) is 0.282. The monoisotopic (exact) mass is 291 g/mol. The van der Waals surface area contributed by atoms with Crippen LogP contribution in [-0.2, 0) is 15.7 Å². The first-order chi connectivity index (χ1) is 9.59. The van der Waals surface area contributed by atoms with Gasteiger partial charge in [-0.3, -0.25) is 4.79 Å². The van der Waals surface area contributed by atoms with E-state index in [9.17, 15) is 4.79 Å². The van der Waals surface area contributed by atoms with Crippen LogP contribution in [0.25, 0.3) is 0 Å². The minimum atomic E-state index is -0.662. The van der Waals surface area contributed by atoms with Crippen molar-refractivity contribution < 1.29 is 9.32 Å². The van der Waals surface area contributed by atoms with E-state index in [0.29, 0.717) is 17.6 Å². The summed E-state index contributed by atoms with van der Waals surface area (Å²) < 4.78 is 5.30. The third-order valence-corrected chi connectivity index (χ3v) is 3.64. The van der Waals surface area contributed by atoms with Gasteiger partial charge in [-0.25, -0.2) is 0 Å². The van der Waals surface area contributed by atoms with Gasteiger partial charge in [0, 0.05) is 11.5 Å². The summed E-state index contributed by atoms with van der Waals surface area (Å²) in [6.07, 6.45) is 4.07. The van der Waals surface area contributed by atoms with Crippen LogP contribution in [0.5, 0.6) is 0 Å². The number of hydrogen-bond donors (Lipinski definition) is 1. The Labute approximate surface area is 126 Å². The Hall–Kier alpha value is -1.65. The van der Waals surface area contributed by atoms with Gasteiger partial charge in [-0.1, -0.05) is 31.5 Å². The van der Waals surface area contributed by atoms with Crippen molar-refractivity contribution in [3.63, 3.8) is 0 Å². The highest BCUT2D eigenvalue weighted by Gasteiger charge is 2.31. The van der Waals surface area contributed by atoms with Crippen LogP contribution in [0.4, 0.5) is 0 Å². The molecule has 0 bridgehead atoms. The zero-order valence-corrected chi connectivity index (χ0v) is 13.8. The third kappa shape index (κ3) is 3.93. The fourth-order valence-electron chi connectivity index (χ4n) is 2.05. The molecule has 1 heterocycles. The summed E-state index contributed by atoms with van der Waals surface area (Å²) in [4.78, 5) is 16.5. The van der Waals surface area contributed by atoms with Crippen LogP contribution in [0.3, 0.4) is 0 Å². The lowest BCUT2D eigenvalue weighted by atomic mass is 9.97. The molecule has 1 aromatic heterocycles. The Morgan fingerprint density at radius 3 is 2.38 bits per heavy atom. The maximum absolute atomic E-state index is 12.1. The molecule has 0 aliphatic heterocycles. The Morgan fingerprint density at radius 1 is 1.29 bits per heavy atom. The largest absolute Gasteiger partial charge is 0.340 e. The van der Waals surface area contributed by atoms with Gasteiger partial charge in [-0.15, -0.1) is 0 Å². The lowest BCUT2D eigenvalue weighted by Crippen LogP contribution is -2.41. The Balaban J connectivity index is 2.08. The van der Waals surface area contributed by atoms with E-state index in [2.05, 4.69) is 15.5 Å². The minimum absolute atomic E-state index is 0.105. The molecule has 0 unspecified atom stereocenters. The summed E-state index contributed by atoms with van der Waals surface area (Å²) >= 11 is 0. The first-order valence-corrected chi connectivity index (χ1v) is 7.44. The Bertz CT molecular complexity index is 560. The Kier molecular flexibility index (Phi) is 3.95. The van der Waals surface area contributed by atoms with E-state index in [4.69, 9.17) is 4.52 Å². The second-order valence-corrected chi connectivity index (χ2v) is 7.45. The second kappa shape index (κ2) is 5.28. The number of rotatable bonds is 4. The number of hydrogen-bond acceptors (Lipinski definition) is 4. The standard InChI is InChI=1S/C16H25N3O2/c1-10(11-7-8-11)9-12(20)18-16(5,6)13-17-14(21-19-13)15(2,3)4/h9,11H,7-8H2,1-6H3,(H,18,20)/b10-9-. The second-order valence-electron chi connectivity index (χ2n) is 7.45. The van der Waals surface area contributed by atoms with E-state index < -0.39 is 5.54 Å². The zero-order chi connectivity index (χ0) is 15.8. The van der Waals surface area contributed by atoms with Gasteiger partial charge in [0.05, 0.1) is 5.54 Å². The molecule has 1 aliphatic carbocycles. The van der Waals surface area contributed by atoms with Crippen molar-refractivity contribution >= 4 is 5.91 Å². The number of carbonyl (C=O) groups excluding carboxylic acids is 1. The molecule has 1 N–H and O–H groups in total. The molecule has 0 atom stereocenters. The van der Waals surface area contributed by atoms with Gasteiger partial charge in [0.25, 0.3) is 0 Å². The highest BCUT2D eigenvalue weighted by molar-refractivity contribution is 5.88. The lowest BCUT2D eigenvalue weighted by molar-refractivity contribution is -0.118. The summed E-state index contributed by atoms with van der Waals surface area (Å²) in [5, 5.41) is 6.96. The van der Waals surface area contributed by atoms with Gasteiger partial charge in [-0.2, -0.15) is 4.98 Å². The van der Waals surface area contributed by atoms with Crippen LogP contribution in [0.1, 0.15) is 66.1 Å². The average molecular weight is 291 g/mol. The van der Waals surface area contributed by atoms with Gasteiger partial charge in [-0.05, 0) is 39.5 Å². The van der Waals surface area contributed by atoms with E-state index >= 15 is 0 Å². The van der Waals surface area contributed by atoms with Gasteiger partial charge in [0.2, 0.25) is 11.8 Å². The maximum atomic E-state index is 12.1. The zero-order valence-electron chi connectivity index (χ0n) is 13.8. The quantitative estimate of drug-likeness (QED) is 0.866. The lowest BCUT2D eigenvalue weighted by Gasteiger charge is -2.21. The molecule has 1 aliphatic rings. The van der Waals surface area contributed by atoms with Gasteiger partial charge >= 0.3 is 0 Å². The van der Waals surface area contributed by atoms with Gasteiger partial charge in [0.1, 0.15) is 0 Å². The molecule has 0 aromatic carbocycles. The van der Waals surface area contributed by atoms with Crippen LogP contribution in [0.2, 0.25) is 0 Å². The molecule has 5 heteroatoms. The third-order valence-electron chi connectivity index (χ3n) is 3.64. The number of allylic oxidation sites excluding steroid dienone is 1. The molecule has 1 amide bonds. The average Bonchev–Trinajstić information content (AvgIpc) is 3.02. The number of nitrogens with one attached hydrogen (secondary N) is 1. The van der Waals surface area contributed by atoms with Crippen LogP contribution in [0.15, 0.2) is 16.2 Å². The van der Waals surface area contributed by atoms with Crippen molar-refractivity contribution in [3.05, 3.63) is 23.4 Å². The summed E-state index contributed by atoms with van der Waals surface area (Å²) in [6.45, 7) is 11.8. The Morgan fingerprint density at radius 2 is 1.90 bits per heavy atom. The number of amides is 1. The highest BCUT2D eigenvalue weighted by Crippen LogP contribution is 2.35.